The molecule has 4 fully saturated rings. The summed E-state index contributed by atoms with van der Waals surface area (Å²) in [4.78, 5) is 11.6. The van der Waals surface area contributed by atoms with Gasteiger partial charge >= 0.3 is 5.97 Å². The van der Waals surface area contributed by atoms with E-state index in [0.717, 1.165) is 25.7 Å². The molecule has 4 rings (SSSR count). The highest BCUT2D eigenvalue weighted by Gasteiger charge is 2.63. The maximum absolute atomic E-state index is 11.6. The lowest BCUT2D eigenvalue weighted by Crippen LogP contribution is -2.47. The van der Waals surface area contributed by atoms with Gasteiger partial charge in [-0.1, -0.05) is 12.8 Å². The van der Waals surface area contributed by atoms with E-state index in [1.54, 1.807) is 0 Å². The van der Waals surface area contributed by atoms with Crippen molar-refractivity contribution in [3.8, 4) is 0 Å². The number of carbonyl (C=O) groups excluding carboxylic acids is 1. The van der Waals surface area contributed by atoms with E-state index < -0.39 is 17.4 Å². The molecule has 0 amide bonds. The third kappa shape index (κ3) is 1.75. The summed E-state index contributed by atoms with van der Waals surface area (Å²) in [5.74, 6) is -0.993. The van der Waals surface area contributed by atoms with Gasteiger partial charge in [-0.15, -0.1) is 0 Å². The fourth-order valence-corrected chi connectivity index (χ4v) is 4.06. The third-order valence-corrected chi connectivity index (χ3v) is 5.03. The van der Waals surface area contributed by atoms with Crippen LogP contribution in [0.3, 0.4) is 0 Å². The molecular formula is C14H20O5. The molecule has 0 aromatic rings. The molecule has 2 heterocycles. The molecule has 2 saturated carbocycles. The van der Waals surface area contributed by atoms with Crippen molar-refractivity contribution in [2.75, 3.05) is 0 Å². The second kappa shape index (κ2) is 3.93. The Hall–Kier alpha value is -0.650. The second-order valence-corrected chi connectivity index (χ2v) is 6.45. The van der Waals surface area contributed by atoms with Gasteiger partial charge in [0.25, 0.3) is 0 Å². The fourth-order valence-electron chi connectivity index (χ4n) is 4.06. The first-order valence-electron chi connectivity index (χ1n) is 7.39. The van der Waals surface area contributed by atoms with Gasteiger partial charge in [0.15, 0.2) is 11.4 Å². The highest BCUT2D eigenvalue weighted by atomic mass is 16.8. The number of hydrogen-bond donors (Lipinski definition) is 1. The Balaban J connectivity index is 1.58. The zero-order valence-electron chi connectivity index (χ0n) is 11.0. The van der Waals surface area contributed by atoms with Crippen molar-refractivity contribution >= 4 is 5.97 Å². The minimum Gasteiger partial charge on any atom is -0.457 e. The van der Waals surface area contributed by atoms with E-state index in [1.807, 2.05) is 0 Å². The van der Waals surface area contributed by atoms with E-state index >= 15 is 0 Å². The Labute approximate surface area is 112 Å². The van der Waals surface area contributed by atoms with Crippen molar-refractivity contribution in [3.63, 3.8) is 0 Å². The Morgan fingerprint density at radius 3 is 2.42 bits per heavy atom. The Kier molecular flexibility index (Phi) is 2.51. The predicted molar refractivity (Wildman–Crippen MR) is 64.2 cm³/mol. The highest BCUT2D eigenvalue weighted by Crippen LogP contribution is 2.49. The first kappa shape index (κ1) is 12.1. The fraction of sp³-hybridized carbons (Fsp3) is 0.929. The van der Waals surface area contributed by atoms with E-state index in [0.29, 0.717) is 12.8 Å². The van der Waals surface area contributed by atoms with E-state index in [-0.39, 0.29) is 18.3 Å². The summed E-state index contributed by atoms with van der Waals surface area (Å²) in [6.45, 7) is 0. The molecule has 4 atom stereocenters. The molecule has 5 heteroatoms. The summed E-state index contributed by atoms with van der Waals surface area (Å²) in [7, 11) is 0. The molecule has 2 aliphatic carbocycles. The summed E-state index contributed by atoms with van der Waals surface area (Å²) >= 11 is 0. The Morgan fingerprint density at radius 2 is 1.68 bits per heavy atom. The van der Waals surface area contributed by atoms with Crippen LogP contribution in [-0.2, 0) is 19.0 Å². The van der Waals surface area contributed by atoms with Crippen LogP contribution < -0.4 is 0 Å². The standard InChI is InChI=1S/C14H20O5/c15-12-13(16)7-9(17-12)11-10(8-13)18-14(19-11)5-3-1-2-4-6-14/h9-11,16H,1-8H2/t9-,10+,11-,13+/m0/s1. The van der Waals surface area contributed by atoms with Gasteiger partial charge in [0, 0.05) is 25.7 Å². The first-order valence-corrected chi connectivity index (χ1v) is 7.39. The first-order chi connectivity index (χ1) is 9.10. The van der Waals surface area contributed by atoms with Crippen LogP contribution in [0.5, 0.6) is 0 Å². The van der Waals surface area contributed by atoms with Gasteiger partial charge in [0.1, 0.15) is 12.2 Å². The van der Waals surface area contributed by atoms with E-state index in [9.17, 15) is 9.90 Å². The number of esters is 1. The van der Waals surface area contributed by atoms with Crippen molar-refractivity contribution in [3.05, 3.63) is 0 Å². The van der Waals surface area contributed by atoms with Crippen LogP contribution in [-0.4, -0.2) is 40.8 Å². The topological polar surface area (TPSA) is 65.0 Å². The zero-order chi connectivity index (χ0) is 13.1. The van der Waals surface area contributed by atoms with Gasteiger partial charge < -0.3 is 19.3 Å². The van der Waals surface area contributed by atoms with Crippen molar-refractivity contribution in [1.29, 1.82) is 0 Å². The van der Waals surface area contributed by atoms with Gasteiger partial charge in [-0.2, -0.15) is 0 Å². The maximum atomic E-state index is 11.6. The minimum absolute atomic E-state index is 0.190. The van der Waals surface area contributed by atoms with Crippen molar-refractivity contribution in [1.82, 2.24) is 0 Å². The molecular weight excluding hydrogens is 248 g/mol. The molecule has 19 heavy (non-hydrogen) atoms. The summed E-state index contributed by atoms with van der Waals surface area (Å²) in [6.07, 6.45) is 6.47. The molecule has 0 radical (unpaired) electrons. The Morgan fingerprint density at radius 1 is 1.00 bits per heavy atom. The lowest BCUT2D eigenvalue weighted by Gasteiger charge is -2.29. The van der Waals surface area contributed by atoms with Crippen LogP contribution in [0.15, 0.2) is 0 Å². The van der Waals surface area contributed by atoms with E-state index in [4.69, 9.17) is 14.2 Å². The van der Waals surface area contributed by atoms with Gasteiger partial charge in [-0.3, -0.25) is 0 Å². The van der Waals surface area contributed by atoms with Gasteiger partial charge in [0.05, 0.1) is 6.10 Å². The maximum Gasteiger partial charge on any atom is 0.338 e. The number of rotatable bonds is 0. The third-order valence-electron chi connectivity index (χ3n) is 5.03. The second-order valence-electron chi connectivity index (χ2n) is 6.45. The highest BCUT2D eigenvalue weighted by molar-refractivity contribution is 5.82. The predicted octanol–water partition coefficient (Wildman–Crippen LogP) is 1.27. The molecule has 106 valence electrons. The molecule has 0 aromatic heterocycles. The monoisotopic (exact) mass is 268 g/mol. The Bertz CT molecular complexity index is 401. The molecule has 0 unspecified atom stereocenters. The number of hydrogen-bond acceptors (Lipinski definition) is 5. The number of carbonyl (C=O) groups is 1. The zero-order valence-corrected chi connectivity index (χ0v) is 11.0. The molecule has 2 aliphatic heterocycles. The lowest BCUT2D eigenvalue weighted by atomic mass is 9.82. The number of aliphatic hydroxyl groups is 1. The molecule has 5 nitrogen and oxygen atoms in total. The van der Waals surface area contributed by atoms with E-state index in [2.05, 4.69) is 0 Å². The SMILES string of the molecule is O=C1O[C@H]2C[C@@]1(O)C[C@H]1OC3(CCCCCC3)O[C@@H]21. The van der Waals surface area contributed by atoms with Gasteiger partial charge in [0.2, 0.25) is 0 Å². The normalized spacial score (nSPS) is 47.8. The van der Waals surface area contributed by atoms with Crippen LogP contribution in [0, 0.1) is 0 Å². The smallest absolute Gasteiger partial charge is 0.338 e. The van der Waals surface area contributed by atoms with Crippen molar-refractivity contribution < 1.29 is 24.1 Å². The lowest BCUT2D eigenvalue weighted by molar-refractivity contribution is -0.195. The number of ether oxygens (including phenoxy) is 3. The average molecular weight is 268 g/mol. The summed E-state index contributed by atoms with van der Waals surface area (Å²) in [6, 6.07) is 0. The van der Waals surface area contributed by atoms with Crippen LogP contribution in [0.4, 0.5) is 0 Å². The molecule has 1 spiro atoms. The van der Waals surface area contributed by atoms with E-state index in [1.165, 1.54) is 12.8 Å². The van der Waals surface area contributed by atoms with Crippen molar-refractivity contribution in [2.24, 2.45) is 0 Å². The largest absolute Gasteiger partial charge is 0.457 e. The summed E-state index contributed by atoms with van der Waals surface area (Å²) in [5, 5.41) is 10.3. The average Bonchev–Trinajstić information content (AvgIpc) is 2.71. The van der Waals surface area contributed by atoms with Crippen LogP contribution in [0.25, 0.3) is 0 Å². The number of fused-ring (bicyclic) bond motifs is 4. The quantitative estimate of drug-likeness (QED) is 0.670. The van der Waals surface area contributed by atoms with Crippen LogP contribution >= 0.6 is 0 Å². The molecule has 0 aromatic carbocycles. The molecule has 4 aliphatic rings. The van der Waals surface area contributed by atoms with Crippen LogP contribution in [0.2, 0.25) is 0 Å². The minimum atomic E-state index is -1.34. The van der Waals surface area contributed by atoms with Crippen molar-refractivity contribution in [2.45, 2.75) is 81.1 Å². The molecule has 2 bridgehead atoms. The summed E-state index contributed by atoms with van der Waals surface area (Å²) in [5.41, 5.74) is -1.34. The molecule has 2 saturated heterocycles. The van der Waals surface area contributed by atoms with Gasteiger partial charge in [-0.25, -0.2) is 4.79 Å². The van der Waals surface area contributed by atoms with Gasteiger partial charge in [-0.05, 0) is 12.8 Å². The molecule has 1 N–H and O–H groups in total. The van der Waals surface area contributed by atoms with Crippen LogP contribution in [0.1, 0.15) is 51.4 Å². The summed E-state index contributed by atoms with van der Waals surface area (Å²) < 4.78 is 17.6.